The quantitative estimate of drug-likeness (QED) is 0.575. The number of imide groups is 1. The van der Waals surface area contributed by atoms with Crippen LogP contribution in [0.3, 0.4) is 0 Å². The molecule has 1 aromatic carbocycles. The summed E-state index contributed by atoms with van der Waals surface area (Å²) in [7, 11) is 0. The predicted octanol–water partition coefficient (Wildman–Crippen LogP) is 0.918. The normalized spacial score (nSPS) is 16.1. The highest BCUT2D eigenvalue weighted by molar-refractivity contribution is 6.01. The number of likely N-dealkylation sites (tertiary alicyclic amines) is 1. The van der Waals surface area contributed by atoms with Crippen LogP contribution in [0.1, 0.15) is 18.4 Å². The molecule has 2 N–H and O–H groups in total. The average Bonchev–Trinajstić information content (AvgIpc) is 2.50. The van der Waals surface area contributed by atoms with Gasteiger partial charge in [-0.25, -0.2) is 0 Å². The molecular weight excluding hydrogens is 192 g/mol. The van der Waals surface area contributed by atoms with Crippen LogP contribution in [0.15, 0.2) is 24.3 Å². The molecule has 0 radical (unpaired) electrons. The molecule has 1 heterocycles. The summed E-state index contributed by atoms with van der Waals surface area (Å²) in [6.07, 6.45) is 0.669. The van der Waals surface area contributed by atoms with Gasteiger partial charge in [0.25, 0.3) is 0 Å². The van der Waals surface area contributed by atoms with E-state index in [9.17, 15) is 9.59 Å². The van der Waals surface area contributed by atoms with Gasteiger partial charge in [-0.15, -0.1) is 0 Å². The minimum Gasteiger partial charge on any atom is -0.399 e. The van der Waals surface area contributed by atoms with Gasteiger partial charge in [0.15, 0.2) is 0 Å². The van der Waals surface area contributed by atoms with E-state index in [1.807, 2.05) is 12.1 Å². The standard InChI is InChI=1S/C11H12N2O2/c12-9-3-1-2-8(6-9)7-13-10(14)4-5-11(13)15/h1-3,6H,4-5,7,12H2. The Hall–Kier alpha value is -1.84. The molecule has 0 bridgehead atoms. The molecule has 0 saturated carbocycles. The van der Waals surface area contributed by atoms with Crippen LogP contribution in [0.5, 0.6) is 0 Å². The van der Waals surface area contributed by atoms with Crippen LogP contribution in [0, 0.1) is 0 Å². The molecule has 0 aliphatic carbocycles. The molecule has 0 atom stereocenters. The lowest BCUT2D eigenvalue weighted by molar-refractivity contribution is -0.139. The first kappa shape index (κ1) is 9.71. The monoisotopic (exact) mass is 204 g/mol. The molecule has 4 heteroatoms. The summed E-state index contributed by atoms with van der Waals surface area (Å²) in [6, 6.07) is 7.22. The maximum atomic E-state index is 11.3. The van der Waals surface area contributed by atoms with E-state index in [-0.39, 0.29) is 11.8 Å². The van der Waals surface area contributed by atoms with Crippen molar-refractivity contribution in [3.8, 4) is 0 Å². The molecule has 0 aromatic heterocycles. The van der Waals surface area contributed by atoms with Gasteiger partial charge < -0.3 is 5.73 Å². The summed E-state index contributed by atoms with van der Waals surface area (Å²) >= 11 is 0. The summed E-state index contributed by atoms with van der Waals surface area (Å²) in [6.45, 7) is 0.336. The average molecular weight is 204 g/mol. The van der Waals surface area contributed by atoms with Crippen molar-refractivity contribution in [1.82, 2.24) is 4.90 Å². The van der Waals surface area contributed by atoms with Crippen molar-refractivity contribution in [3.63, 3.8) is 0 Å². The van der Waals surface area contributed by atoms with Gasteiger partial charge in [0.2, 0.25) is 11.8 Å². The number of benzene rings is 1. The first-order valence-electron chi connectivity index (χ1n) is 4.84. The summed E-state index contributed by atoms with van der Waals surface area (Å²) < 4.78 is 0. The first-order chi connectivity index (χ1) is 7.16. The van der Waals surface area contributed by atoms with Gasteiger partial charge in [-0.3, -0.25) is 14.5 Å². The lowest BCUT2D eigenvalue weighted by Crippen LogP contribution is -2.28. The van der Waals surface area contributed by atoms with Gasteiger partial charge in [0, 0.05) is 18.5 Å². The molecule has 15 heavy (non-hydrogen) atoms. The van der Waals surface area contributed by atoms with Crippen LogP contribution in [0.25, 0.3) is 0 Å². The smallest absolute Gasteiger partial charge is 0.229 e. The van der Waals surface area contributed by atoms with Gasteiger partial charge in [0.1, 0.15) is 0 Å². The SMILES string of the molecule is Nc1cccc(CN2C(=O)CCC2=O)c1. The third-order valence-corrected chi connectivity index (χ3v) is 2.45. The first-order valence-corrected chi connectivity index (χ1v) is 4.84. The third kappa shape index (κ3) is 1.98. The van der Waals surface area contributed by atoms with Crippen molar-refractivity contribution < 1.29 is 9.59 Å². The summed E-state index contributed by atoms with van der Waals surface area (Å²) in [4.78, 5) is 24.0. The van der Waals surface area contributed by atoms with E-state index < -0.39 is 0 Å². The number of hydrogen-bond donors (Lipinski definition) is 1. The van der Waals surface area contributed by atoms with Crippen LogP contribution in [-0.4, -0.2) is 16.7 Å². The fourth-order valence-electron chi connectivity index (χ4n) is 1.67. The van der Waals surface area contributed by atoms with Gasteiger partial charge in [-0.05, 0) is 17.7 Å². The number of anilines is 1. The molecule has 1 aromatic rings. The van der Waals surface area contributed by atoms with Crippen molar-refractivity contribution in [2.24, 2.45) is 0 Å². The second-order valence-corrected chi connectivity index (χ2v) is 3.62. The topological polar surface area (TPSA) is 63.4 Å². The zero-order chi connectivity index (χ0) is 10.8. The molecule has 0 unspecified atom stereocenters. The summed E-state index contributed by atoms with van der Waals surface area (Å²) in [5.41, 5.74) is 7.15. The predicted molar refractivity (Wildman–Crippen MR) is 55.6 cm³/mol. The van der Waals surface area contributed by atoms with Crippen molar-refractivity contribution in [2.45, 2.75) is 19.4 Å². The van der Waals surface area contributed by atoms with E-state index in [1.165, 1.54) is 4.90 Å². The molecule has 78 valence electrons. The Morgan fingerprint density at radius 3 is 2.47 bits per heavy atom. The molecule has 1 aliphatic rings. The highest BCUT2D eigenvalue weighted by atomic mass is 16.2. The van der Waals surface area contributed by atoms with Crippen LogP contribution < -0.4 is 5.73 Å². The Labute approximate surface area is 87.7 Å². The molecule has 0 spiro atoms. The van der Waals surface area contributed by atoms with Gasteiger partial charge in [-0.2, -0.15) is 0 Å². The van der Waals surface area contributed by atoms with E-state index in [0.717, 1.165) is 5.56 Å². The van der Waals surface area contributed by atoms with Gasteiger partial charge in [0.05, 0.1) is 6.54 Å². The number of rotatable bonds is 2. The van der Waals surface area contributed by atoms with Crippen molar-refractivity contribution in [1.29, 1.82) is 0 Å². The molecule has 4 nitrogen and oxygen atoms in total. The highest BCUT2D eigenvalue weighted by Crippen LogP contribution is 2.16. The molecular formula is C11H12N2O2. The summed E-state index contributed by atoms with van der Waals surface area (Å²) in [5.74, 6) is -0.190. The molecule has 1 aliphatic heterocycles. The van der Waals surface area contributed by atoms with Crippen LogP contribution in [0.2, 0.25) is 0 Å². The zero-order valence-corrected chi connectivity index (χ0v) is 8.27. The maximum Gasteiger partial charge on any atom is 0.229 e. The maximum absolute atomic E-state index is 11.3. The minimum absolute atomic E-state index is 0.0950. The third-order valence-electron chi connectivity index (χ3n) is 2.45. The number of amides is 2. The number of nitrogens with two attached hydrogens (primary N) is 1. The highest BCUT2D eigenvalue weighted by Gasteiger charge is 2.28. The number of nitrogen functional groups attached to an aromatic ring is 1. The van der Waals surface area contributed by atoms with Crippen LogP contribution in [-0.2, 0) is 16.1 Å². The summed E-state index contributed by atoms with van der Waals surface area (Å²) in [5, 5.41) is 0. The fraction of sp³-hybridized carbons (Fsp3) is 0.273. The molecule has 2 rings (SSSR count). The number of carbonyl (C=O) groups excluding carboxylic acids is 2. The number of hydrogen-bond acceptors (Lipinski definition) is 3. The second kappa shape index (κ2) is 3.73. The zero-order valence-electron chi connectivity index (χ0n) is 8.27. The van der Waals surface area contributed by atoms with Crippen LogP contribution >= 0.6 is 0 Å². The molecule has 1 fully saturated rings. The van der Waals surface area contributed by atoms with E-state index in [0.29, 0.717) is 25.1 Å². The fourth-order valence-corrected chi connectivity index (χ4v) is 1.67. The van der Waals surface area contributed by atoms with Crippen molar-refractivity contribution in [2.75, 3.05) is 5.73 Å². The Bertz CT molecular complexity index is 399. The lowest BCUT2D eigenvalue weighted by Gasteiger charge is -2.13. The Balaban J connectivity index is 2.15. The Kier molecular flexibility index (Phi) is 2.41. The second-order valence-electron chi connectivity index (χ2n) is 3.62. The van der Waals surface area contributed by atoms with E-state index in [2.05, 4.69) is 0 Å². The number of nitrogens with zero attached hydrogens (tertiary/aromatic N) is 1. The number of carbonyl (C=O) groups is 2. The van der Waals surface area contributed by atoms with Gasteiger partial charge >= 0.3 is 0 Å². The van der Waals surface area contributed by atoms with Crippen molar-refractivity contribution in [3.05, 3.63) is 29.8 Å². The Morgan fingerprint density at radius 1 is 1.20 bits per heavy atom. The van der Waals surface area contributed by atoms with E-state index in [1.54, 1.807) is 12.1 Å². The Morgan fingerprint density at radius 2 is 1.87 bits per heavy atom. The van der Waals surface area contributed by atoms with E-state index >= 15 is 0 Å². The van der Waals surface area contributed by atoms with E-state index in [4.69, 9.17) is 5.73 Å². The molecule has 1 saturated heterocycles. The van der Waals surface area contributed by atoms with Crippen molar-refractivity contribution >= 4 is 17.5 Å². The molecule has 2 amide bonds. The lowest BCUT2D eigenvalue weighted by atomic mass is 10.2. The minimum atomic E-state index is -0.0950. The van der Waals surface area contributed by atoms with Gasteiger partial charge in [-0.1, -0.05) is 12.1 Å². The van der Waals surface area contributed by atoms with Crippen LogP contribution in [0.4, 0.5) is 5.69 Å². The largest absolute Gasteiger partial charge is 0.399 e.